The maximum Gasteiger partial charge on any atom is 0.235 e. The molecular weight excluding hydrogens is 438 g/mol. The second-order valence-electron chi connectivity index (χ2n) is 6.91. The second kappa shape index (κ2) is 9.43. The van der Waals surface area contributed by atoms with Crippen LogP contribution in [-0.4, -0.2) is 44.6 Å². The molecule has 0 bridgehead atoms. The van der Waals surface area contributed by atoms with E-state index >= 15 is 0 Å². The molecule has 1 saturated heterocycles. The van der Waals surface area contributed by atoms with Gasteiger partial charge in [-0.15, -0.1) is 0 Å². The zero-order valence-corrected chi connectivity index (χ0v) is 17.9. The van der Waals surface area contributed by atoms with Crippen molar-refractivity contribution in [3.05, 3.63) is 63.9 Å². The van der Waals surface area contributed by atoms with E-state index in [1.807, 2.05) is 0 Å². The third kappa shape index (κ3) is 5.48. The van der Waals surface area contributed by atoms with Gasteiger partial charge in [0.05, 0.1) is 10.9 Å². The molecule has 29 heavy (non-hydrogen) atoms. The van der Waals surface area contributed by atoms with Crippen LogP contribution in [0.25, 0.3) is 0 Å². The van der Waals surface area contributed by atoms with E-state index in [9.17, 15) is 17.6 Å². The highest BCUT2D eigenvalue weighted by molar-refractivity contribution is 7.92. The quantitative estimate of drug-likeness (QED) is 0.683. The lowest BCUT2D eigenvalue weighted by Crippen LogP contribution is -2.39. The summed E-state index contributed by atoms with van der Waals surface area (Å²) < 4.78 is 39.3. The van der Waals surface area contributed by atoms with E-state index in [2.05, 4.69) is 10.2 Å². The summed E-state index contributed by atoms with van der Waals surface area (Å²) in [7, 11) is -3.81. The maximum atomic E-state index is 14.5. The van der Waals surface area contributed by atoms with Gasteiger partial charge >= 0.3 is 0 Å². The van der Waals surface area contributed by atoms with Crippen molar-refractivity contribution in [3.8, 4) is 0 Å². The van der Waals surface area contributed by atoms with Crippen molar-refractivity contribution >= 4 is 38.9 Å². The van der Waals surface area contributed by atoms with Crippen molar-refractivity contribution in [3.63, 3.8) is 0 Å². The number of carbonyl (C=O) groups excluding carboxylic acids is 1. The Labute approximate surface area is 179 Å². The Bertz CT molecular complexity index is 957. The number of sulfone groups is 1. The molecular formula is C20H21Cl2FN2O3S. The van der Waals surface area contributed by atoms with Crippen LogP contribution < -0.4 is 5.32 Å². The van der Waals surface area contributed by atoms with Gasteiger partial charge < -0.3 is 5.32 Å². The van der Waals surface area contributed by atoms with Crippen molar-refractivity contribution in [2.75, 3.05) is 25.4 Å². The van der Waals surface area contributed by atoms with Gasteiger partial charge in [0.25, 0.3) is 0 Å². The highest BCUT2D eigenvalue weighted by Crippen LogP contribution is 2.32. The maximum absolute atomic E-state index is 14.5. The number of nitrogens with one attached hydrogen (secondary N) is 1. The Morgan fingerprint density at radius 1 is 1.10 bits per heavy atom. The van der Waals surface area contributed by atoms with Crippen LogP contribution in [0.5, 0.6) is 0 Å². The van der Waals surface area contributed by atoms with Gasteiger partial charge in [-0.25, -0.2) is 12.8 Å². The minimum absolute atomic E-state index is 0.0188. The summed E-state index contributed by atoms with van der Waals surface area (Å²) in [6.07, 6.45) is 1.95. The zero-order chi connectivity index (χ0) is 21.0. The molecule has 2 aromatic carbocycles. The van der Waals surface area contributed by atoms with Gasteiger partial charge in [0.2, 0.25) is 5.91 Å². The van der Waals surface area contributed by atoms with Crippen LogP contribution in [0.3, 0.4) is 0 Å². The molecule has 1 N–H and O–H groups in total. The Kier molecular flexibility index (Phi) is 7.16. The fourth-order valence-corrected chi connectivity index (χ4v) is 5.04. The molecule has 1 unspecified atom stereocenters. The molecule has 0 saturated carbocycles. The second-order valence-corrected chi connectivity index (χ2v) is 9.74. The summed E-state index contributed by atoms with van der Waals surface area (Å²) in [6.45, 7) is 1.58. The molecule has 1 aliphatic rings. The van der Waals surface area contributed by atoms with Crippen LogP contribution in [0.15, 0.2) is 47.4 Å². The first-order chi connectivity index (χ1) is 13.8. The normalized spacial score (nSPS) is 16.0. The Morgan fingerprint density at radius 2 is 1.76 bits per heavy atom. The number of benzene rings is 2. The molecule has 0 aliphatic carbocycles. The first kappa shape index (κ1) is 22.0. The Balaban J connectivity index is 1.72. The molecule has 1 amide bonds. The minimum atomic E-state index is -3.81. The van der Waals surface area contributed by atoms with Gasteiger partial charge in [-0.2, -0.15) is 0 Å². The summed E-state index contributed by atoms with van der Waals surface area (Å²) in [5, 5.41) is 3.33. The summed E-state index contributed by atoms with van der Waals surface area (Å²) in [6, 6.07) is 9.63. The van der Waals surface area contributed by atoms with Crippen molar-refractivity contribution in [2.45, 2.75) is 23.8 Å². The van der Waals surface area contributed by atoms with Crippen LogP contribution in [0, 0.1) is 5.82 Å². The smallest absolute Gasteiger partial charge is 0.235 e. The van der Waals surface area contributed by atoms with Crippen LogP contribution in [0.4, 0.5) is 4.39 Å². The Hall–Kier alpha value is -1.67. The lowest BCUT2D eigenvalue weighted by Gasteiger charge is -2.29. The fraction of sp³-hybridized carbons (Fsp3) is 0.350. The lowest BCUT2D eigenvalue weighted by atomic mass is 10.0. The van der Waals surface area contributed by atoms with E-state index in [1.54, 1.807) is 6.07 Å². The standard InChI is InChI=1S/C20H21Cl2FN2O3S/c21-14-6-8-15(9-7-14)29(27,28)13-19(26)24-12-18(25-10-1-2-11-25)20-16(22)4-3-5-17(20)23/h3-9,18H,1-2,10-13H2,(H,24,26). The third-order valence-electron chi connectivity index (χ3n) is 4.90. The van der Waals surface area contributed by atoms with E-state index in [1.165, 1.54) is 36.4 Å². The first-order valence-electron chi connectivity index (χ1n) is 9.21. The average Bonchev–Trinajstić information content (AvgIpc) is 3.18. The number of hydrogen-bond acceptors (Lipinski definition) is 4. The zero-order valence-electron chi connectivity index (χ0n) is 15.6. The molecule has 1 aliphatic heterocycles. The van der Waals surface area contributed by atoms with Gasteiger partial charge in [-0.3, -0.25) is 9.69 Å². The summed E-state index contributed by atoms with van der Waals surface area (Å²) in [5.41, 5.74) is 0.317. The minimum Gasteiger partial charge on any atom is -0.353 e. The molecule has 3 rings (SSSR count). The molecule has 156 valence electrons. The van der Waals surface area contributed by atoms with Crippen molar-refractivity contribution in [1.29, 1.82) is 0 Å². The van der Waals surface area contributed by atoms with Gasteiger partial charge in [-0.1, -0.05) is 29.3 Å². The van der Waals surface area contributed by atoms with Crippen molar-refractivity contribution < 1.29 is 17.6 Å². The highest BCUT2D eigenvalue weighted by atomic mass is 35.5. The highest BCUT2D eigenvalue weighted by Gasteiger charge is 2.29. The number of amides is 1. The summed E-state index contributed by atoms with van der Waals surface area (Å²) in [5.74, 6) is -1.80. The first-order valence-corrected chi connectivity index (χ1v) is 11.6. The van der Waals surface area contributed by atoms with Gasteiger partial charge in [-0.05, 0) is 62.3 Å². The van der Waals surface area contributed by atoms with E-state index in [0.717, 1.165) is 25.9 Å². The molecule has 1 heterocycles. The third-order valence-corrected chi connectivity index (χ3v) is 7.12. The predicted octanol–water partition coefficient (Wildman–Crippen LogP) is 3.86. The van der Waals surface area contributed by atoms with Crippen LogP contribution in [0.1, 0.15) is 24.4 Å². The number of likely N-dealkylation sites (tertiary alicyclic amines) is 1. The largest absolute Gasteiger partial charge is 0.353 e. The monoisotopic (exact) mass is 458 g/mol. The van der Waals surface area contributed by atoms with Crippen LogP contribution in [0.2, 0.25) is 10.0 Å². The van der Waals surface area contributed by atoms with Crippen LogP contribution >= 0.6 is 23.2 Å². The van der Waals surface area contributed by atoms with Crippen molar-refractivity contribution in [1.82, 2.24) is 10.2 Å². The van der Waals surface area contributed by atoms with E-state index in [4.69, 9.17) is 23.2 Å². The number of hydrogen-bond donors (Lipinski definition) is 1. The predicted molar refractivity (Wildman–Crippen MR) is 111 cm³/mol. The molecule has 0 spiro atoms. The molecule has 0 aromatic heterocycles. The number of rotatable bonds is 7. The molecule has 0 radical (unpaired) electrons. The summed E-state index contributed by atoms with van der Waals surface area (Å²) in [4.78, 5) is 14.4. The topological polar surface area (TPSA) is 66.5 Å². The van der Waals surface area contributed by atoms with Gasteiger partial charge in [0, 0.05) is 22.2 Å². The van der Waals surface area contributed by atoms with Gasteiger partial charge in [0.1, 0.15) is 11.6 Å². The van der Waals surface area contributed by atoms with E-state index in [0.29, 0.717) is 10.6 Å². The average molecular weight is 459 g/mol. The molecule has 9 heteroatoms. The molecule has 1 fully saturated rings. The van der Waals surface area contributed by atoms with E-state index < -0.39 is 33.4 Å². The van der Waals surface area contributed by atoms with Gasteiger partial charge in [0.15, 0.2) is 9.84 Å². The molecule has 1 atom stereocenters. The number of nitrogens with zero attached hydrogens (tertiary/aromatic N) is 1. The van der Waals surface area contributed by atoms with Crippen LogP contribution in [-0.2, 0) is 14.6 Å². The lowest BCUT2D eigenvalue weighted by molar-refractivity contribution is -0.118. The van der Waals surface area contributed by atoms with Crippen molar-refractivity contribution in [2.24, 2.45) is 0 Å². The van der Waals surface area contributed by atoms with E-state index in [-0.39, 0.29) is 16.5 Å². The Morgan fingerprint density at radius 3 is 2.38 bits per heavy atom. The number of carbonyl (C=O) groups is 1. The fourth-order valence-electron chi connectivity index (χ4n) is 3.46. The SMILES string of the molecule is O=C(CS(=O)(=O)c1ccc(Cl)cc1)NCC(c1c(F)cccc1Cl)N1CCCC1. The molecule has 5 nitrogen and oxygen atoms in total. The molecule has 2 aromatic rings. The summed E-state index contributed by atoms with van der Waals surface area (Å²) >= 11 is 12.0. The number of halogens is 3.